The summed E-state index contributed by atoms with van der Waals surface area (Å²) in [6, 6.07) is 7.46. The van der Waals surface area contributed by atoms with Crippen LogP contribution >= 0.6 is 11.3 Å². The minimum absolute atomic E-state index is 0.0219. The smallest absolute Gasteiger partial charge is 0.425 e. The van der Waals surface area contributed by atoms with Crippen LogP contribution in [0.25, 0.3) is 0 Å². The number of aromatic nitrogens is 1. The van der Waals surface area contributed by atoms with E-state index in [9.17, 15) is 41.0 Å². The molecular weight excluding hydrogens is 718 g/mol. The lowest BCUT2D eigenvalue weighted by molar-refractivity contribution is -0.159. The zero-order valence-electron chi connectivity index (χ0n) is 27.8. The molecule has 2 saturated heterocycles. The minimum Gasteiger partial charge on any atom is -0.489 e. The number of fused-ring (bicyclic) bond motifs is 2. The molecule has 0 radical (unpaired) electrons. The van der Waals surface area contributed by atoms with Gasteiger partial charge in [-0.3, -0.25) is 9.59 Å². The fraction of sp³-hybridized carbons (Fsp3) is 0.457. The SMILES string of the molecule is O=C1c2c(C(F)(F)F)ccnc2OCCC=CC[C@H]2N1CCC[C@@]2(Oc1csc(C(F)(F)F)c1)C(=O)N1CCN(c2ccccc2OCCO)CC1. The highest BCUT2D eigenvalue weighted by Gasteiger charge is 2.56. The number of pyridine rings is 1. The van der Waals surface area contributed by atoms with Crippen molar-refractivity contribution >= 4 is 28.8 Å². The number of aliphatic hydroxyl groups is 1. The number of anilines is 1. The Morgan fingerprint density at radius 3 is 2.52 bits per heavy atom. The number of rotatable bonds is 7. The zero-order chi connectivity index (χ0) is 37.1. The Hall–Kier alpha value is -4.51. The number of piperazine rings is 1. The van der Waals surface area contributed by atoms with Crippen LogP contribution in [-0.2, 0) is 17.1 Å². The largest absolute Gasteiger partial charge is 0.489 e. The van der Waals surface area contributed by atoms with Gasteiger partial charge in [-0.2, -0.15) is 26.3 Å². The molecule has 0 spiro atoms. The van der Waals surface area contributed by atoms with E-state index in [2.05, 4.69) is 4.98 Å². The third-order valence-corrected chi connectivity index (χ3v) is 10.2. The van der Waals surface area contributed by atoms with Gasteiger partial charge in [0.05, 0.1) is 30.5 Å². The molecular formula is C35H36F6N4O6S. The fourth-order valence-electron chi connectivity index (χ4n) is 6.91. The second kappa shape index (κ2) is 15.2. The lowest BCUT2D eigenvalue weighted by Gasteiger charge is -2.50. The number of carbonyl (C=O) groups is 2. The van der Waals surface area contributed by atoms with Crippen molar-refractivity contribution in [1.82, 2.24) is 14.8 Å². The molecule has 2 fully saturated rings. The molecule has 5 heterocycles. The van der Waals surface area contributed by atoms with Crippen LogP contribution in [0.4, 0.5) is 32.0 Å². The van der Waals surface area contributed by atoms with E-state index < -0.39 is 57.7 Å². The summed E-state index contributed by atoms with van der Waals surface area (Å²) in [5.41, 5.74) is -3.30. The molecule has 2 atom stereocenters. The van der Waals surface area contributed by atoms with Crippen LogP contribution in [0.1, 0.15) is 46.5 Å². The summed E-state index contributed by atoms with van der Waals surface area (Å²) in [6.45, 7) is 0.732. The molecule has 2 aromatic heterocycles. The van der Waals surface area contributed by atoms with E-state index >= 15 is 0 Å². The molecule has 3 aliphatic rings. The van der Waals surface area contributed by atoms with Crippen molar-refractivity contribution in [2.24, 2.45) is 0 Å². The number of hydrogen-bond acceptors (Lipinski definition) is 9. The first-order chi connectivity index (χ1) is 24.8. The van der Waals surface area contributed by atoms with Gasteiger partial charge in [-0.15, -0.1) is 11.3 Å². The van der Waals surface area contributed by atoms with Gasteiger partial charge in [0.1, 0.15) is 28.5 Å². The van der Waals surface area contributed by atoms with Crippen LogP contribution in [0.5, 0.6) is 17.4 Å². The maximum Gasteiger partial charge on any atom is 0.425 e. The van der Waals surface area contributed by atoms with Crippen LogP contribution in [0.3, 0.4) is 0 Å². The van der Waals surface area contributed by atoms with Crippen LogP contribution in [0.2, 0.25) is 0 Å². The monoisotopic (exact) mass is 754 g/mol. The third kappa shape index (κ3) is 7.65. The molecule has 1 aromatic carbocycles. The molecule has 3 aromatic rings. The van der Waals surface area contributed by atoms with Crippen molar-refractivity contribution < 1.29 is 55.2 Å². The predicted octanol–water partition coefficient (Wildman–Crippen LogP) is 6.05. The second-order valence-corrected chi connectivity index (χ2v) is 13.4. The average molecular weight is 755 g/mol. The first-order valence-electron chi connectivity index (χ1n) is 16.7. The number of para-hydroxylation sites is 2. The summed E-state index contributed by atoms with van der Waals surface area (Å²) >= 11 is 0.384. The lowest BCUT2D eigenvalue weighted by Crippen LogP contribution is -2.69. The molecule has 2 amide bonds. The second-order valence-electron chi connectivity index (χ2n) is 12.5. The van der Waals surface area contributed by atoms with Gasteiger partial charge < -0.3 is 34.0 Å². The topological polar surface area (TPSA) is 105 Å². The molecule has 10 nitrogen and oxygen atoms in total. The molecule has 3 aliphatic heterocycles. The van der Waals surface area contributed by atoms with E-state index in [-0.39, 0.29) is 70.9 Å². The number of aliphatic hydroxyl groups excluding tert-OH is 1. The maximum atomic E-state index is 14.9. The maximum absolute atomic E-state index is 14.9. The molecule has 6 rings (SSSR count). The van der Waals surface area contributed by atoms with Gasteiger partial charge in [-0.1, -0.05) is 24.3 Å². The Kier molecular flexibility index (Phi) is 10.9. The van der Waals surface area contributed by atoms with Crippen molar-refractivity contribution in [3.63, 3.8) is 0 Å². The summed E-state index contributed by atoms with van der Waals surface area (Å²) in [5.74, 6) is -1.89. The van der Waals surface area contributed by atoms with Gasteiger partial charge >= 0.3 is 12.4 Å². The van der Waals surface area contributed by atoms with Gasteiger partial charge in [0, 0.05) is 56.8 Å². The Labute approximate surface area is 299 Å². The van der Waals surface area contributed by atoms with Crippen LogP contribution in [-0.4, -0.2) is 95.9 Å². The highest BCUT2D eigenvalue weighted by molar-refractivity contribution is 7.10. The molecule has 280 valence electrons. The van der Waals surface area contributed by atoms with Gasteiger partial charge in [-0.05, 0) is 37.5 Å². The molecule has 0 unspecified atom stereocenters. The predicted molar refractivity (Wildman–Crippen MR) is 178 cm³/mol. The number of hydrogen-bond donors (Lipinski definition) is 1. The zero-order valence-corrected chi connectivity index (χ0v) is 28.6. The number of piperidine rings is 1. The number of ether oxygens (including phenoxy) is 3. The molecule has 0 saturated carbocycles. The molecule has 0 bridgehead atoms. The third-order valence-electron chi connectivity index (χ3n) is 9.25. The van der Waals surface area contributed by atoms with E-state index in [1.54, 1.807) is 24.3 Å². The highest BCUT2D eigenvalue weighted by atomic mass is 32.1. The standard InChI is InChI=1S/C35H36F6N4O6S/c36-34(37,38)24-10-12-42-30-29(24)31(47)45-13-6-11-33(27(45)9-2-1-5-19-50-30,51-23-21-28(52-22-23)35(39,40)41)32(48)44-16-14-43(15-17-44)25-7-3-4-8-26(25)49-20-18-46/h1-4,7-8,10,12,21-22,27,46H,5-6,9,11,13-20H2/t27-,33+/m1/s1. The number of amides is 2. The van der Waals surface area contributed by atoms with Crippen LogP contribution < -0.4 is 19.1 Å². The Balaban J connectivity index is 1.39. The van der Waals surface area contributed by atoms with Crippen LogP contribution in [0.15, 0.2) is 60.1 Å². The summed E-state index contributed by atoms with van der Waals surface area (Å²) < 4.78 is 102. The minimum atomic E-state index is -4.95. The van der Waals surface area contributed by atoms with Gasteiger partial charge in [0.15, 0.2) is 0 Å². The fourth-order valence-corrected chi connectivity index (χ4v) is 7.59. The Bertz CT molecular complexity index is 1780. The highest BCUT2D eigenvalue weighted by Crippen LogP contribution is 2.44. The van der Waals surface area contributed by atoms with Crippen molar-refractivity contribution in [2.45, 2.75) is 49.7 Å². The number of halogens is 6. The van der Waals surface area contributed by atoms with Crippen molar-refractivity contribution in [2.75, 3.05) is 57.4 Å². The van der Waals surface area contributed by atoms with Crippen molar-refractivity contribution in [1.29, 1.82) is 0 Å². The number of carbonyl (C=O) groups excluding carboxylic acids is 2. The van der Waals surface area contributed by atoms with Crippen LogP contribution in [0, 0.1) is 0 Å². The quantitative estimate of drug-likeness (QED) is 0.230. The average Bonchev–Trinajstić information content (AvgIpc) is 3.60. The molecule has 52 heavy (non-hydrogen) atoms. The van der Waals surface area contributed by atoms with Crippen molar-refractivity contribution in [3.8, 4) is 17.4 Å². The van der Waals surface area contributed by atoms with E-state index in [0.717, 1.165) is 28.2 Å². The molecule has 17 heteroatoms. The Morgan fingerprint density at radius 2 is 1.81 bits per heavy atom. The summed E-state index contributed by atoms with van der Waals surface area (Å²) in [7, 11) is 0. The number of thiophene rings is 1. The lowest BCUT2D eigenvalue weighted by atomic mass is 9.80. The first-order valence-corrected chi connectivity index (χ1v) is 17.6. The van der Waals surface area contributed by atoms with Gasteiger partial charge in [0.2, 0.25) is 11.5 Å². The first kappa shape index (κ1) is 37.3. The number of benzene rings is 1. The van der Waals surface area contributed by atoms with E-state index in [0.29, 0.717) is 36.2 Å². The number of alkyl halides is 6. The Morgan fingerprint density at radius 1 is 1.04 bits per heavy atom. The van der Waals surface area contributed by atoms with Gasteiger partial charge in [0.25, 0.3) is 11.8 Å². The summed E-state index contributed by atoms with van der Waals surface area (Å²) in [6.07, 6.45) is -5.08. The molecule has 0 aliphatic carbocycles. The number of nitrogens with zero attached hydrogens (tertiary/aromatic N) is 4. The summed E-state index contributed by atoms with van der Waals surface area (Å²) in [4.78, 5) is 36.9. The van der Waals surface area contributed by atoms with E-state index in [4.69, 9.17) is 14.2 Å². The normalized spacial score (nSPS) is 21.5. The van der Waals surface area contributed by atoms with E-state index in [1.807, 2.05) is 17.0 Å². The van der Waals surface area contributed by atoms with Gasteiger partial charge in [-0.25, -0.2) is 4.98 Å². The molecule has 1 N–H and O–H groups in total. The van der Waals surface area contributed by atoms with Crippen molar-refractivity contribution in [3.05, 3.63) is 76.1 Å². The summed E-state index contributed by atoms with van der Waals surface area (Å²) in [5, 5.41) is 10.4. The van der Waals surface area contributed by atoms with E-state index in [1.165, 1.54) is 4.90 Å².